The zero-order valence-corrected chi connectivity index (χ0v) is 11.7. The Kier molecular flexibility index (Phi) is 3.38. The quantitative estimate of drug-likeness (QED) is 0.886. The lowest BCUT2D eigenvalue weighted by atomic mass is 9.82. The third-order valence-electron chi connectivity index (χ3n) is 3.59. The van der Waals surface area contributed by atoms with E-state index in [0.717, 1.165) is 35.4 Å². The van der Waals surface area contributed by atoms with Crippen molar-refractivity contribution >= 4 is 27.4 Å². The van der Waals surface area contributed by atoms with Crippen LogP contribution < -0.4 is 5.73 Å². The van der Waals surface area contributed by atoms with Crippen LogP contribution in [-0.2, 0) is 6.54 Å². The van der Waals surface area contributed by atoms with Gasteiger partial charge in [0.15, 0.2) is 0 Å². The second-order valence-electron chi connectivity index (χ2n) is 5.35. The molecule has 3 rings (SSSR count). The number of hydrogen-bond donors (Lipinski definition) is 2. The van der Waals surface area contributed by atoms with E-state index in [2.05, 4.69) is 21.9 Å². The minimum Gasteiger partial charge on any atom is -0.393 e. The number of hydrogen-bond acceptors (Lipinski definition) is 6. The maximum absolute atomic E-state index is 9.29. The lowest BCUT2D eigenvalue weighted by molar-refractivity contribution is 0.0271. The number of fused-ring (bicyclic) bond motifs is 1. The lowest BCUT2D eigenvalue weighted by Crippen LogP contribution is -2.37. The number of nitrogens with two attached hydrogens (primary N) is 1. The molecule has 19 heavy (non-hydrogen) atoms. The van der Waals surface area contributed by atoms with Gasteiger partial charge in [-0.1, -0.05) is 0 Å². The lowest BCUT2D eigenvalue weighted by Gasteiger charge is -2.34. The van der Waals surface area contributed by atoms with E-state index < -0.39 is 0 Å². The molecule has 102 valence electrons. The van der Waals surface area contributed by atoms with Crippen LogP contribution in [0.1, 0.15) is 18.7 Å². The molecule has 3 N–H and O–H groups in total. The number of nitrogens with zero attached hydrogens (tertiary/aromatic N) is 3. The molecule has 6 heteroatoms. The molecule has 0 radical (unpaired) electrons. The van der Waals surface area contributed by atoms with Crippen LogP contribution in [0.4, 0.5) is 5.82 Å². The fourth-order valence-corrected chi connectivity index (χ4v) is 3.38. The molecule has 2 aromatic heterocycles. The van der Waals surface area contributed by atoms with Crippen molar-refractivity contribution in [2.24, 2.45) is 5.92 Å². The van der Waals surface area contributed by atoms with Crippen molar-refractivity contribution in [3.05, 3.63) is 17.3 Å². The molecule has 0 atom stereocenters. The summed E-state index contributed by atoms with van der Waals surface area (Å²) in [6, 6.07) is 1.96. The van der Waals surface area contributed by atoms with Crippen LogP contribution >= 0.6 is 11.3 Å². The molecule has 0 spiro atoms. The fraction of sp³-hybridized carbons (Fsp3) is 0.538. The zero-order valence-electron chi connectivity index (χ0n) is 10.9. The van der Waals surface area contributed by atoms with E-state index in [-0.39, 0.29) is 6.10 Å². The Labute approximate surface area is 116 Å². The highest BCUT2D eigenvalue weighted by Gasteiger charge is 2.28. The van der Waals surface area contributed by atoms with Gasteiger partial charge in [0, 0.05) is 6.54 Å². The number of thiophene rings is 1. The number of aromatic nitrogens is 2. The van der Waals surface area contributed by atoms with Gasteiger partial charge in [-0.15, -0.1) is 11.3 Å². The summed E-state index contributed by atoms with van der Waals surface area (Å²) in [7, 11) is 2.06. The summed E-state index contributed by atoms with van der Waals surface area (Å²) < 4.78 is 0. The molecule has 2 aromatic rings. The summed E-state index contributed by atoms with van der Waals surface area (Å²) in [5.41, 5.74) is 5.94. The van der Waals surface area contributed by atoms with Gasteiger partial charge in [0.1, 0.15) is 16.5 Å². The monoisotopic (exact) mass is 278 g/mol. The highest BCUT2D eigenvalue weighted by molar-refractivity contribution is 7.16. The minimum absolute atomic E-state index is 0.0900. The van der Waals surface area contributed by atoms with Crippen molar-refractivity contribution in [2.75, 3.05) is 19.3 Å². The number of aliphatic hydroxyl groups is 1. The molecule has 0 aromatic carbocycles. The van der Waals surface area contributed by atoms with Crippen LogP contribution in [0, 0.1) is 5.92 Å². The smallest absolute Gasteiger partial charge is 0.146 e. The largest absolute Gasteiger partial charge is 0.393 e. The zero-order chi connectivity index (χ0) is 13.4. The number of rotatable bonds is 4. The minimum atomic E-state index is -0.0900. The van der Waals surface area contributed by atoms with Crippen LogP contribution in [0.25, 0.3) is 10.2 Å². The van der Waals surface area contributed by atoms with Crippen molar-refractivity contribution in [3.8, 4) is 0 Å². The van der Waals surface area contributed by atoms with Gasteiger partial charge in [0.05, 0.1) is 18.0 Å². The second-order valence-corrected chi connectivity index (χ2v) is 6.25. The van der Waals surface area contributed by atoms with E-state index in [1.807, 2.05) is 11.4 Å². The third-order valence-corrected chi connectivity index (χ3v) is 4.40. The van der Waals surface area contributed by atoms with E-state index >= 15 is 0 Å². The first kappa shape index (κ1) is 12.8. The van der Waals surface area contributed by atoms with Gasteiger partial charge in [-0.05, 0) is 37.3 Å². The van der Waals surface area contributed by atoms with Gasteiger partial charge in [-0.3, -0.25) is 4.90 Å². The predicted molar refractivity (Wildman–Crippen MR) is 76.9 cm³/mol. The third kappa shape index (κ3) is 2.70. The predicted octanol–water partition coefficient (Wildman–Crippen LogP) is 1.48. The molecule has 1 aliphatic carbocycles. The average molecular weight is 278 g/mol. The van der Waals surface area contributed by atoms with Crippen molar-refractivity contribution < 1.29 is 5.11 Å². The van der Waals surface area contributed by atoms with Gasteiger partial charge in [0.25, 0.3) is 0 Å². The van der Waals surface area contributed by atoms with E-state index in [9.17, 15) is 5.11 Å². The standard InChI is InChI=1S/C13H18N4OS/c1-17(6-8-4-9(18)5-8)7-11-15-12(14)10-2-3-19-13(10)16-11/h2-3,8-9,18H,4-7H2,1H3,(H2,14,15,16). The first-order valence-electron chi connectivity index (χ1n) is 6.48. The van der Waals surface area contributed by atoms with Crippen molar-refractivity contribution in [3.63, 3.8) is 0 Å². The molecule has 0 amide bonds. The van der Waals surface area contributed by atoms with Gasteiger partial charge >= 0.3 is 0 Å². The molecule has 1 saturated carbocycles. The fourth-order valence-electron chi connectivity index (χ4n) is 2.59. The first-order valence-corrected chi connectivity index (χ1v) is 7.36. The molecule has 0 saturated heterocycles. The normalized spacial score (nSPS) is 22.9. The number of nitrogen functional groups attached to an aromatic ring is 1. The SMILES string of the molecule is CN(Cc1nc(N)c2ccsc2n1)CC1CC(O)C1. The molecular formula is C13H18N4OS. The van der Waals surface area contributed by atoms with E-state index in [1.165, 1.54) is 0 Å². The topological polar surface area (TPSA) is 75.3 Å². The Morgan fingerprint density at radius 2 is 2.26 bits per heavy atom. The number of anilines is 1. The summed E-state index contributed by atoms with van der Waals surface area (Å²) in [6.45, 7) is 1.67. The summed E-state index contributed by atoms with van der Waals surface area (Å²) in [4.78, 5) is 12.1. The molecule has 1 fully saturated rings. The summed E-state index contributed by atoms with van der Waals surface area (Å²) in [5, 5.41) is 12.2. The molecule has 0 unspecified atom stereocenters. The maximum Gasteiger partial charge on any atom is 0.146 e. The molecular weight excluding hydrogens is 260 g/mol. The molecule has 2 heterocycles. The van der Waals surface area contributed by atoms with Crippen LogP contribution in [0.15, 0.2) is 11.4 Å². The van der Waals surface area contributed by atoms with E-state index in [4.69, 9.17) is 5.73 Å². The molecule has 1 aliphatic rings. The summed E-state index contributed by atoms with van der Waals surface area (Å²) >= 11 is 1.59. The van der Waals surface area contributed by atoms with Crippen molar-refractivity contribution in [1.82, 2.24) is 14.9 Å². The summed E-state index contributed by atoms with van der Waals surface area (Å²) in [5.74, 6) is 1.94. The highest BCUT2D eigenvalue weighted by atomic mass is 32.1. The molecule has 5 nitrogen and oxygen atoms in total. The Balaban J connectivity index is 1.67. The Morgan fingerprint density at radius 3 is 3.00 bits per heavy atom. The van der Waals surface area contributed by atoms with Crippen LogP contribution in [0.2, 0.25) is 0 Å². The molecule has 0 aliphatic heterocycles. The van der Waals surface area contributed by atoms with Crippen LogP contribution in [0.3, 0.4) is 0 Å². The Morgan fingerprint density at radius 1 is 1.47 bits per heavy atom. The first-order chi connectivity index (χ1) is 9.11. The second kappa shape index (κ2) is 5.03. The number of aliphatic hydroxyl groups excluding tert-OH is 1. The van der Waals surface area contributed by atoms with E-state index in [1.54, 1.807) is 11.3 Å². The van der Waals surface area contributed by atoms with E-state index in [0.29, 0.717) is 18.3 Å². The Hall–Kier alpha value is -1.24. The highest BCUT2D eigenvalue weighted by Crippen LogP contribution is 2.28. The van der Waals surface area contributed by atoms with Gasteiger partial charge in [-0.2, -0.15) is 0 Å². The van der Waals surface area contributed by atoms with Crippen LogP contribution in [-0.4, -0.2) is 39.7 Å². The summed E-state index contributed by atoms with van der Waals surface area (Å²) in [6.07, 6.45) is 1.74. The maximum atomic E-state index is 9.29. The Bertz CT molecular complexity index is 579. The van der Waals surface area contributed by atoms with Gasteiger partial charge in [-0.25, -0.2) is 9.97 Å². The average Bonchev–Trinajstić information content (AvgIpc) is 2.75. The van der Waals surface area contributed by atoms with Crippen LogP contribution in [0.5, 0.6) is 0 Å². The molecule has 0 bridgehead atoms. The van der Waals surface area contributed by atoms with Gasteiger partial charge in [0.2, 0.25) is 0 Å². The van der Waals surface area contributed by atoms with Crippen molar-refractivity contribution in [2.45, 2.75) is 25.5 Å². The van der Waals surface area contributed by atoms with Crippen molar-refractivity contribution in [1.29, 1.82) is 0 Å². The van der Waals surface area contributed by atoms with Gasteiger partial charge < -0.3 is 10.8 Å².